The topological polar surface area (TPSA) is 82.0 Å². The highest BCUT2D eigenvalue weighted by Crippen LogP contribution is 2.39. The molecule has 0 aliphatic heterocycles. The minimum Gasteiger partial charge on any atom is -0.353 e. The SMILES string of the molecule is Cn1c(=O)n(CCC(=O)NC2C3CCCC2CC(N)C3)c2ccccc21. The van der Waals surface area contributed by atoms with E-state index < -0.39 is 0 Å². The summed E-state index contributed by atoms with van der Waals surface area (Å²) < 4.78 is 3.34. The molecule has 2 aliphatic rings. The van der Waals surface area contributed by atoms with Gasteiger partial charge in [-0.3, -0.25) is 13.9 Å². The van der Waals surface area contributed by atoms with Crippen molar-refractivity contribution in [3.8, 4) is 0 Å². The molecule has 0 saturated heterocycles. The molecule has 0 radical (unpaired) electrons. The molecule has 4 rings (SSSR count). The van der Waals surface area contributed by atoms with Gasteiger partial charge in [0.05, 0.1) is 11.0 Å². The summed E-state index contributed by atoms with van der Waals surface area (Å²) >= 11 is 0. The van der Waals surface area contributed by atoms with Gasteiger partial charge < -0.3 is 11.1 Å². The van der Waals surface area contributed by atoms with Gasteiger partial charge in [0.2, 0.25) is 5.91 Å². The van der Waals surface area contributed by atoms with Crippen molar-refractivity contribution in [2.45, 2.75) is 57.2 Å². The monoisotopic (exact) mass is 356 g/mol. The van der Waals surface area contributed by atoms with Gasteiger partial charge in [-0.25, -0.2) is 4.79 Å². The highest BCUT2D eigenvalue weighted by Gasteiger charge is 2.39. The summed E-state index contributed by atoms with van der Waals surface area (Å²) in [4.78, 5) is 25.1. The minimum absolute atomic E-state index is 0.0437. The smallest absolute Gasteiger partial charge is 0.328 e. The lowest BCUT2D eigenvalue weighted by molar-refractivity contribution is -0.123. The first-order chi connectivity index (χ1) is 12.5. The van der Waals surface area contributed by atoms with Crippen LogP contribution in [0.2, 0.25) is 0 Å². The maximum Gasteiger partial charge on any atom is 0.328 e. The number of carbonyl (C=O) groups is 1. The number of nitrogens with zero attached hydrogens (tertiary/aromatic N) is 2. The average molecular weight is 356 g/mol. The normalized spacial score (nSPS) is 28.2. The number of para-hydroxylation sites is 2. The zero-order valence-corrected chi connectivity index (χ0v) is 15.4. The number of hydrogen-bond donors (Lipinski definition) is 2. The Morgan fingerprint density at radius 1 is 1.19 bits per heavy atom. The predicted octanol–water partition coefficient (Wildman–Crippen LogP) is 1.75. The number of aryl methyl sites for hydroxylation is 2. The fourth-order valence-electron chi connectivity index (χ4n) is 5.08. The van der Waals surface area contributed by atoms with Gasteiger partial charge >= 0.3 is 5.69 Å². The Balaban J connectivity index is 1.44. The molecule has 2 saturated carbocycles. The molecule has 2 bridgehead atoms. The maximum absolute atomic E-state index is 12.6. The van der Waals surface area contributed by atoms with E-state index in [-0.39, 0.29) is 23.7 Å². The van der Waals surface area contributed by atoms with E-state index in [2.05, 4.69) is 5.32 Å². The second-order valence-corrected chi connectivity index (χ2v) is 8.01. The van der Waals surface area contributed by atoms with Crippen LogP contribution in [-0.2, 0) is 18.4 Å². The zero-order valence-electron chi connectivity index (χ0n) is 15.4. The molecule has 6 nitrogen and oxygen atoms in total. The molecular formula is C20H28N4O2. The average Bonchev–Trinajstić information content (AvgIpc) is 2.85. The molecule has 1 aromatic heterocycles. The molecule has 2 atom stereocenters. The maximum atomic E-state index is 12.6. The molecule has 26 heavy (non-hydrogen) atoms. The van der Waals surface area contributed by atoms with Gasteiger partial charge in [0.25, 0.3) is 0 Å². The molecule has 1 heterocycles. The second-order valence-electron chi connectivity index (χ2n) is 8.01. The van der Waals surface area contributed by atoms with Crippen LogP contribution in [0.25, 0.3) is 11.0 Å². The number of amides is 1. The molecule has 2 unspecified atom stereocenters. The number of aromatic nitrogens is 2. The van der Waals surface area contributed by atoms with E-state index in [4.69, 9.17) is 5.73 Å². The van der Waals surface area contributed by atoms with Crippen molar-refractivity contribution in [3.05, 3.63) is 34.7 Å². The number of carbonyl (C=O) groups excluding carboxylic acids is 1. The second kappa shape index (κ2) is 6.91. The minimum atomic E-state index is -0.0699. The Hall–Kier alpha value is -2.08. The molecule has 0 spiro atoms. The fourth-order valence-corrected chi connectivity index (χ4v) is 5.08. The van der Waals surface area contributed by atoms with E-state index in [0.29, 0.717) is 24.8 Å². The lowest BCUT2D eigenvalue weighted by Gasteiger charge is -2.45. The van der Waals surface area contributed by atoms with Crippen molar-refractivity contribution in [2.24, 2.45) is 24.6 Å². The number of imidazole rings is 1. The Bertz CT molecular complexity index is 854. The van der Waals surface area contributed by atoms with Crippen LogP contribution >= 0.6 is 0 Å². The number of benzene rings is 1. The molecule has 2 aliphatic carbocycles. The van der Waals surface area contributed by atoms with Gasteiger partial charge in [-0.1, -0.05) is 18.6 Å². The van der Waals surface area contributed by atoms with Gasteiger partial charge in [0.15, 0.2) is 0 Å². The number of fused-ring (bicyclic) bond motifs is 3. The fraction of sp³-hybridized carbons (Fsp3) is 0.600. The lowest BCUT2D eigenvalue weighted by atomic mass is 9.67. The Morgan fingerprint density at radius 3 is 2.54 bits per heavy atom. The third-order valence-electron chi connectivity index (χ3n) is 6.32. The van der Waals surface area contributed by atoms with Crippen LogP contribution < -0.4 is 16.7 Å². The van der Waals surface area contributed by atoms with Crippen LogP contribution in [-0.4, -0.2) is 27.1 Å². The number of nitrogens with one attached hydrogen (secondary N) is 1. The summed E-state index contributed by atoms with van der Waals surface area (Å²) in [5.41, 5.74) is 7.88. The van der Waals surface area contributed by atoms with Gasteiger partial charge in [0, 0.05) is 32.1 Å². The Labute approximate surface area is 153 Å². The highest BCUT2D eigenvalue weighted by atomic mass is 16.2. The zero-order chi connectivity index (χ0) is 18.3. The van der Waals surface area contributed by atoms with Crippen LogP contribution in [0.3, 0.4) is 0 Å². The van der Waals surface area contributed by atoms with Crippen molar-refractivity contribution in [1.29, 1.82) is 0 Å². The molecule has 2 fully saturated rings. The van der Waals surface area contributed by atoms with Crippen LogP contribution in [0, 0.1) is 11.8 Å². The first-order valence-corrected chi connectivity index (χ1v) is 9.74. The van der Waals surface area contributed by atoms with E-state index in [1.54, 1.807) is 16.2 Å². The predicted molar refractivity (Wildman–Crippen MR) is 102 cm³/mol. The van der Waals surface area contributed by atoms with Crippen LogP contribution in [0.4, 0.5) is 0 Å². The highest BCUT2D eigenvalue weighted by molar-refractivity contribution is 5.78. The largest absolute Gasteiger partial charge is 0.353 e. The van der Waals surface area contributed by atoms with E-state index in [0.717, 1.165) is 36.7 Å². The standard InChI is InChI=1S/C20H28N4O2/c1-23-16-7-2-3-8-17(16)24(20(23)26)10-9-18(25)22-19-13-5-4-6-14(19)12-15(21)11-13/h2-3,7-8,13-15,19H,4-6,9-12,21H2,1H3,(H,22,25). The van der Waals surface area contributed by atoms with E-state index in [1.165, 1.54) is 6.42 Å². The number of rotatable bonds is 4. The summed E-state index contributed by atoms with van der Waals surface area (Å²) in [5.74, 6) is 1.07. The van der Waals surface area contributed by atoms with Crippen LogP contribution in [0.5, 0.6) is 0 Å². The lowest BCUT2D eigenvalue weighted by Crippen LogP contribution is -2.53. The summed E-state index contributed by atoms with van der Waals surface area (Å²) in [6.45, 7) is 0.410. The van der Waals surface area contributed by atoms with Crippen molar-refractivity contribution in [3.63, 3.8) is 0 Å². The summed E-state index contributed by atoms with van der Waals surface area (Å²) in [5, 5.41) is 3.27. The molecular weight excluding hydrogens is 328 g/mol. The molecule has 1 amide bonds. The molecule has 3 N–H and O–H groups in total. The van der Waals surface area contributed by atoms with Crippen molar-refractivity contribution < 1.29 is 4.79 Å². The van der Waals surface area contributed by atoms with Gasteiger partial charge in [-0.05, 0) is 49.7 Å². The van der Waals surface area contributed by atoms with Crippen molar-refractivity contribution in [2.75, 3.05) is 0 Å². The van der Waals surface area contributed by atoms with E-state index in [1.807, 2.05) is 24.3 Å². The van der Waals surface area contributed by atoms with Crippen LogP contribution in [0.1, 0.15) is 38.5 Å². The molecule has 1 aromatic carbocycles. The number of nitrogens with two attached hydrogens (primary N) is 1. The van der Waals surface area contributed by atoms with Gasteiger partial charge in [0.1, 0.15) is 0 Å². The third-order valence-corrected chi connectivity index (χ3v) is 6.32. The Kier molecular flexibility index (Phi) is 4.61. The Morgan fingerprint density at radius 2 is 1.85 bits per heavy atom. The molecule has 2 aromatic rings. The van der Waals surface area contributed by atoms with E-state index >= 15 is 0 Å². The first-order valence-electron chi connectivity index (χ1n) is 9.74. The van der Waals surface area contributed by atoms with Crippen LogP contribution in [0.15, 0.2) is 29.1 Å². The van der Waals surface area contributed by atoms with Crippen molar-refractivity contribution >= 4 is 16.9 Å². The quantitative estimate of drug-likeness (QED) is 0.876. The third kappa shape index (κ3) is 3.07. The first kappa shape index (κ1) is 17.3. The van der Waals surface area contributed by atoms with Crippen molar-refractivity contribution in [1.82, 2.24) is 14.5 Å². The van der Waals surface area contributed by atoms with Gasteiger partial charge in [-0.15, -0.1) is 0 Å². The summed E-state index contributed by atoms with van der Waals surface area (Å²) in [6.07, 6.45) is 5.94. The summed E-state index contributed by atoms with van der Waals surface area (Å²) in [6, 6.07) is 8.25. The molecule has 6 heteroatoms. The summed E-state index contributed by atoms with van der Waals surface area (Å²) in [7, 11) is 1.77. The van der Waals surface area contributed by atoms with Gasteiger partial charge in [-0.2, -0.15) is 0 Å². The number of hydrogen-bond acceptors (Lipinski definition) is 3. The molecule has 140 valence electrons. The van der Waals surface area contributed by atoms with E-state index in [9.17, 15) is 9.59 Å².